The summed E-state index contributed by atoms with van der Waals surface area (Å²) in [6.07, 6.45) is 3.41. The van der Waals surface area contributed by atoms with Crippen LogP contribution in [0, 0.1) is 0 Å². The van der Waals surface area contributed by atoms with Crippen LogP contribution in [0.5, 0.6) is 0 Å². The molecule has 0 aliphatic carbocycles. The highest BCUT2D eigenvalue weighted by Gasteiger charge is 2.20. The molecule has 2 aromatic heterocycles. The highest BCUT2D eigenvalue weighted by Crippen LogP contribution is 2.31. The smallest absolute Gasteiger partial charge is 0.216 e. The molecule has 1 N–H and O–H groups in total. The summed E-state index contributed by atoms with van der Waals surface area (Å²) < 4.78 is 0.881. The largest absolute Gasteiger partial charge is 0.410 e. The summed E-state index contributed by atoms with van der Waals surface area (Å²) in [4.78, 5) is 21.5. The molecule has 110 valence electrons. The van der Waals surface area contributed by atoms with Gasteiger partial charge in [-0.25, -0.2) is 9.97 Å². The number of Topliss-reactive ketones (excluding diaryl/α,β-unsaturated/α-hetero) is 1. The number of carbonyl (C=O) groups is 1. The first-order valence-electron chi connectivity index (χ1n) is 6.35. The summed E-state index contributed by atoms with van der Waals surface area (Å²) >= 11 is 2.85. The zero-order valence-corrected chi connectivity index (χ0v) is 13.2. The molecule has 0 atom stereocenters. The molecule has 0 unspecified atom stereocenters. The molecule has 5 nitrogen and oxygen atoms in total. The SMILES string of the molecule is CSc1ncnc2cc(/C(=N/O)C(=O)c3ccccc3)sc12. The quantitative estimate of drug-likeness (QED) is 0.198. The average molecular weight is 329 g/mol. The van der Waals surface area contributed by atoms with E-state index >= 15 is 0 Å². The van der Waals surface area contributed by atoms with Crippen molar-refractivity contribution in [1.82, 2.24) is 9.97 Å². The number of nitrogens with zero attached hydrogens (tertiary/aromatic N) is 3. The van der Waals surface area contributed by atoms with E-state index in [4.69, 9.17) is 0 Å². The van der Waals surface area contributed by atoms with E-state index in [0.29, 0.717) is 10.4 Å². The highest BCUT2D eigenvalue weighted by molar-refractivity contribution is 7.98. The van der Waals surface area contributed by atoms with Crippen LogP contribution in [0.15, 0.2) is 52.9 Å². The molecule has 0 radical (unpaired) electrons. The predicted octanol–water partition coefficient (Wildman–Crippen LogP) is 3.47. The number of hydrogen-bond acceptors (Lipinski definition) is 7. The molecule has 0 bridgehead atoms. The van der Waals surface area contributed by atoms with Gasteiger partial charge in [-0.2, -0.15) is 0 Å². The van der Waals surface area contributed by atoms with Crippen LogP contribution in [0.3, 0.4) is 0 Å². The molecule has 3 aromatic rings. The van der Waals surface area contributed by atoms with Gasteiger partial charge in [-0.3, -0.25) is 4.79 Å². The van der Waals surface area contributed by atoms with Crippen LogP contribution < -0.4 is 0 Å². The maximum absolute atomic E-state index is 12.5. The fourth-order valence-electron chi connectivity index (χ4n) is 2.03. The van der Waals surface area contributed by atoms with Gasteiger partial charge in [-0.05, 0) is 12.3 Å². The Kier molecular flexibility index (Phi) is 4.17. The first-order valence-corrected chi connectivity index (χ1v) is 8.39. The van der Waals surface area contributed by atoms with Crippen molar-refractivity contribution in [1.29, 1.82) is 0 Å². The second-order valence-electron chi connectivity index (χ2n) is 4.35. The minimum Gasteiger partial charge on any atom is -0.410 e. The second kappa shape index (κ2) is 6.25. The number of carbonyl (C=O) groups excluding carboxylic acids is 1. The molecule has 0 saturated heterocycles. The minimum absolute atomic E-state index is 0.0150. The lowest BCUT2D eigenvalue weighted by molar-refractivity contribution is 0.106. The van der Waals surface area contributed by atoms with Crippen molar-refractivity contribution in [3.63, 3.8) is 0 Å². The summed E-state index contributed by atoms with van der Waals surface area (Å²) in [5.41, 5.74) is 1.23. The highest BCUT2D eigenvalue weighted by atomic mass is 32.2. The number of ketones is 1. The molecular weight excluding hydrogens is 318 g/mol. The van der Waals surface area contributed by atoms with Gasteiger partial charge in [0.2, 0.25) is 5.78 Å². The first kappa shape index (κ1) is 14.7. The third kappa shape index (κ3) is 2.60. The van der Waals surface area contributed by atoms with E-state index in [1.54, 1.807) is 30.3 Å². The van der Waals surface area contributed by atoms with E-state index in [1.807, 2.05) is 12.3 Å². The number of fused-ring (bicyclic) bond motifs is 1. The van der Waals surface area contributed by atoms with E-state index < -0.39 is 0 Å². The number of oxime groups is 1. The molecule has 0 aliphatic heterocycles. The van der Waals surface area contributed by atoms with Crippen LogP contribution >= 0.6 is 23.1 Å². The van der Waals surface area contributed by atoms with Crippen LogP contribution in [0.4, 0.5) is 0 Å². The Morgan fingerprint density at radius 2 is 2.05 bits per heavy atom. The van der Waals surface area contributed by atoms with Gasteiger partial charge in [0.05, 0.1) is 15.1 Å². The van der Waals surface area contributed by atoms with Gasteiger partial charge in [0.1, 0.15) is 11.4 Å². The molecule has 1 aromatic carbocycles. The number of benzene rings is 1. The number of thiophene rings is 1. The Morgan fingerprint density at radius 1 is 1.27 bits per heavy atom. The number of rotatable bonds is 4. The van der Waals surface area contributed by atoms with Crippen molar-refractivity contribution in [2.45, 2.75) is 5.03 Å². The number of aromatic nitrogens is 2. The predicted molar refractivity (Wildman–Crippen MR) is 88.3 cm³/mol. The summed E-state index contributed by atoms with van der Waals surface area (Å²) in [6, 6.07) is 10.5. The van der Waals surface area contributed by atoms with E-state index in [0.717, 1.165) is 15.2 Å². The van der Waals surface area contributed by atoms with Crippen molar-refractivity contribution < 1.29 is 10.0 Å². The molecule has 0 fully saturated rings. The van der Waals surface area contributed by atoms with Crippen molar-refractivity contribution in [2.75, 3.05) is 6.26 Å². The Balaban J connectivity index is 2.07. The van der Waals surface area contributed by atoms with Crippen LogP contribution in [-0.4, -0.2) is 32.9 Å². The molecule has 22 heavy (non-hydrogen) atoms. The van der Waals surface area contributed by atoms with E-state index in [1.165, 1.54) is 29.4 Å². The van der Waals surface area contributed by atoms with Gasteiger partial charge < -0.3 is 5.21 Å². The summed E-state index contributed by atoms with van der Waals surface area (Å²) in [6.45, 7) is 0. The Bertz CT molecular complexity index is 860. The van der Waals surface area contributed by atoms with Crippen LogP contribution in [0.1, 0.15) is 15.2 Å². The molecule has 3 rings (SSSR count). The summed E-state index contributed by atoms with van der Waals surface area (Å²) in [5.74, 6) is -0.326. The van der Waals surface area contributed by atoms with Gasteiger partial charge in [0.15, 0.2) is 5.71 Å². The fraction of sp³-hybridized carbons (Fsp3) is 0.0667. The number of thioether (sulfide) groups is 1. The Hall–Kier alpha value is -2.25. The van der Waals surface area contributed by atoms with Crippen molar-refractivity contribution >= 4 is 44.8 Å². The summed E-state index contributed by atoms with van der Waals surface area (Å²) in [5, 5.41) is 13.3. The maximum atomic E-state index is 12.5. The lowest BCUT2D eigenvalue weighted by Crippen LogP contribution is -2.14. The third-order valence-electron chi connectivity index (χ3n) is 3.06. The van der Waals surface area contributed by atoms with Gasteiger partial charge in [-0.15, -0.1) is 23.1 Å². The lowest BCUT2D eigenvalue weighted by Gasteiger charge is -2.00. The number of hydrogen-bond donors (Lipinski definition) is 1. The molecule has 0 aliphatic rings. The maximum Gasteiger partial charge on any atom is 0.216 e. The zero-order valence-electron chi connectivity index (χ0n) is 11.6. The van der Waals surface area contributed by atoms with Gasteiger partial charge >= 0.3 is 0 Å². The molecule has 0 amide bonds. The van der Waals surface area contributed by atoms with Gasteiger partial charge in [0.25, 0.3) is 0 Å². The molecule has 0 saturated carbocycles. The van der Waals surface area contributed by atoms with E-state index in [9.17, 15) is 10.0 Å². The average Bonchev–Trinajstić information content (AvgIpc) is 2.99. The Morgan fingerprint density at radius 3 is 2.73 bits per heavy atom. The van der Waals surface area contributed by atoms with Gasteiger partial charge in [-0.1, -0.05) is 35.5 Å². The van der Waals surface area contributed by atoms with Crippen LogP contribution in [0.2, 0.25) is 0 Å². The topological polar surface area (TPSA) is 75.4 Å². The second-order valence-corrected chi connectivity index (χ2v) is 6.20. The monoisotopic (exact) mass is 329 g/mol. The van der Waals surface area contributed by atoms with Crippen molar-refractivity contribution in [3.8, 4) is 0 Å². The third-order valence-corrected chi connectivity index (χ3v) is 5.02. The van der Waals surface area contributed by atoms with E-state index in [2.05, 4.69) is 15.1 Å². The molecule has 2 heterocycles. The minimum atomic E-state index is -0.326. The van der Waals surface area contributed by atoms with E-state index in [-0.39, 0.29) is 11.5 Å². The van der Waals surface area contributed by atoms with Crippen LogP contribution in [-0.2, 0) is 0 Å². The van der Waals surface area contributed by atoms with Crippen molar-refractivity contribution in [3.05, 3.63) is 53.2 Å². The van der Waals surface area contributed by atoms with Gasteiger partial charge in [0, 0.05) is 5.56 Å². The first-order chi connectivity index (χ1) is 10.7. The fourth-order valence-corrected chi connectivity index (χ4v) is 3.82. The normalized spacial score (nSPS) is 11.8. The molecular formula is C15H11N3O2S2. The van der Waals surface area contributed by atoms with Crippen LogP contribution in [0.25, 0.3) is 10.2 Å². The molecule has 0 spiro atoms. The zero-order chi connectivity index (χ0) is 15.5. The lowest BCUT2D eigenvalue weighted by atomic mass is 10.1. The standard InChI is InChI=1S/C15H11N3O2S2/c1-21-15-14-10(16-8-17-15)7-11(22-14)12(18-20)13(19)9-5-3-2-4-6-9/h2-8,20H,1H3/b18-12-. The van der Waals surface area contributed by atoms with Crippen molar-refractivity contribution in [2.24, 2.45) is 5.16 Å². The summed E-state index contributed by atoms with van der Waals surface area (Å²) in [7, 11) is 0. The Labute approximate surface area is 134 Å². The molecule has 7 heteroatoms.